The summed E-state index contributed by atoms with van der Waals surface area (Å²) in [7, 11) is 0. The number of hydrogen-bond acceptors (Lipinski definition) is 3. The Bertz CT molecular complexity index is 493. The van der Waals surface area contributed by atoms with Gasteiger partial charge in [0.1, 0.15) is 0 Å². The molecule has 1 atom stereocenters. The van der Waals surface area contributed by atoms with Crippen molar-refractivity contribution >= 4 is 33.4 Å². The largest absolute Gasteiger partial charge is 0.355 e. The molecule has 3 N–H and O–H groups in total. The molecule has 2 rings (SSSR count). The quantitative estimate of drug-likeness (QED) is 0.862. The molecule has 0 aromatic heterocycles. The average Bonchev–Trinajstić information content (AvgIpc) is 2.78. The molecule has 1 fully saturated rings. The number of nitrogens with one attached hydrogen (secondary N) is 1. The number of anilines is 1. The van der Waals surface area contributed by atoms with Crippen LogP contribution in [0.2, 0.25) is 0 Å². The van der Waals surface area contributed by atoms with Crippen molar-refractivity contribution in [3.63, 3.8) is 0 Å². The molecular formula is C13H16BrN3O2. The zero-order valence-corrected chi connectivity index (χ0v) is 12.0. The fourth-order valence-corrected chi connectivity index (χ4v) is 2.63. The van der Waals surface area contributed by atoms with Gasteiger partial charge in [-0.25, -0.2) is 0 Å². The second-order valence-electron chi connectivity index (χ2n) is 4.44. The minimum absolute atomic E-state index is 0.0280. The molecule has 5 nitrogen and oxygen atoms in total. The van der Waals surface area contributed by atoms with Gasteiger partial charge in [-0.05, 0) is 28.1 Å². The van der Waals surface area contributed by atoms with Gasteiger partial charge in [0, 0.05) is 30.5 Å². The molecule has 6 heteroatoms. The first-order valence-corrected chi connectivity index (χ1v) is 6.95. The number of hydrogen-bond donors (Lipinski definition) is 2. The smallest absolute Gasteiger partial charge is 0.227 e. The van der Waals surface area contributed by atoms with Crippen molar-refractivity contribution in [1.82, 2.24) is 5.32 Å². The third-order valence-electron chi connectivity index (χ3n) is 3.08. The lowest BCUT2D eigenvalue weighted by Crippen LogP contribution is -2.35. The molecule has 0 aliphatic carbocycles. The predicted octanol–water partition coefficient (Wildman–Crippen LogP) is 0.877. The SMILES string of the molecule is NCCNC(=O)C1CC(=O)N(c2ccccc2Br)C1. The summed E-state index contributed by atoms with van der Waals surface area (Å²) in [6.45, 7) is 1.26. The van der Waals surface area contributed by atoms with Crippen molar-refractivity contribution in [2.75, 3.05) is 24.5 Å². The highest BCUT2D eigenvalue weighted by atomic mass is 79.9. The maximum absolute atomic E-state index is 12.0. The zero-order valence-electron chi connectivity index (χ0n) is 10.4. The highest BCUT2D eigenvalue weighted by Crippen LogP contribution is 2.31. The van der Waals surface area contributed by atoms with Crippen LogP contribution in [-0.4, -0.2) is 31.4 Å². The summed E-state index contributed by atoms with van der Waals surface area (Å²) in [6, 6.07) is 7.50. The number of nitrogens with two attached hydrogens (primary N) is 1. The lowest BCUT2D eigenvalue weighted by atomic mass is 10.1. The maximum atomic E-state index is 12.0. The standard InChI is InChI=1S/C13H16BrN3O2/c14-10-3-1-2-4-11(10)17-8-9(7-12(17)18)13(19)16-6-5-15/h1-4,9H,5-8,15H2,(H,16,19). The molecule has 1 aliphatic heterocycles. The molecule has 1 saturated heterocycles. The summed E-state index contributed by atoms with van der Waals surface area (Å²) < 4.78 is 0.853. The van der Waals surface area contributed by atoms with E-state index in [4.69, 9.17) is 5.73 Å². The van der Waals surface area contributed by atoms with Gasteiger partial charge in [0.2, 0.25) is 11.8 Å². The van der Waals surface area contributed by atoms with Crippen LogP contribution in [-0.2, 0) is 9.59 Å². The highest BCUT2D eigenvalue weighted by molar-refractivity contribution is 9.10. The molecule has 1 aromatic rings. The number of carbonyl (C=O) groups excluding carboxylic acids is 2. The summed E-state index contributed by atoms with van der Waals surface area (Å²) >= 11 is 3.42. The fourth-order valence-electron chi connectivity index (χ4n) is 2.13. The van der Waals surface area contributed by atoms with E-state index in [0.29, 0.717) is 19.6 Å². The van der Waals surface area contributed by atoms with Gasteiger partial charge in [0.15, 0.2) is 0 Å². The third-order valence-corrected chi connectivity index (χ3v) is 3.75. The van der Waals surface area contributed by atoms with E-state index in [-0.39, 0.29) is 24.2 Å². The Morgan fingerprint density at radius 2 is 2.21 bits per heavy atom. The average molecular weight is 326 g/mol. The van der Waals surface area contributed by atoms with E-state index in [2.05, 4.69) is 21.2 Å². The van der Waals surface area contributed by atoms with Gasteiger partial charge in [-0.3, -0.25) is 9.59 Å². The van der Waals surface area contributed by atoms with Crippen LogP contribution in [0.5, 0.6) is 0 Å². The van der Waals surface area contributed by atoms with Gasteiger partial charge in [-0.1, -0.05) is 12.1 Å². The first-order chi connectivity index (χ1) is 9.13. The number of halogens is 1. The Balaban J connectivity index is 2.08. The number of benzene rings is 1. The van der Waals surface area contributed by atoms with Crippen LogP contribution in [0.15, 0.2) is 28.7 Å². The first-order valence-electron chi connectivity index (χ1n) is 6.16. The van der Waals surface area contributed by atoms with Gasteiger partial charge in [-0.15, -0.1) is 0 Å². The van der Waals surface area contributed by atoms with Gasteiger partial charge >= 0.3 is 0 Å². The van der Waals surface area contributed by atoms with E-state index in [9.17, 15) is 9.59 Å². The van der Waals surface area contributed by atoms with Crippen LogP contribution in [0, 0.1) is 5.92 Å². The topological polar surface area (TPSA) is 75.4 Å². The first kappa shape index (κ1) is 14.0. The molecule has 1 aliphatic rings. The summed E-state index contributed by atoms with van der Waals surface area (Å²) in [5, 5.41) is 2.73. The number of amides is 2. The minimum Gasteiger partial charge on any atom is -0.355 e. The van der Waals surface area contributed by atoms with Gasteiger partial charge in [-0.2, -0.15) is 0 Å². The Labute approximate surface area is 120 Å². The van der Waals surface area contributed by atoms with Crippen molar-refractivity contribution in [2.24, 2.45) is 11.7 Å². The molecule has 1 aromatic carbocycles. The molecular weight excluding hydrogens is 310 g/mol. The molecule has 1 heterocycles. The maximum Gasteiger partial charge on any atom is 0.227 e. The van der Waals surface area contributed by atoms with Crippen LogP contribution in [0.4, 0.5) is 5.69 Å². The van der Waals surface area contributed by atoms with E-state index in [1.54, 1.807) is 4.90 Å². The van der Waals surface area contributed by atoms with E-state index >= 15 is 0 Å². The molecule has 102 valence electrons. The Morgan fingerprint density at radius 3 is 2.89 bits per heavy atom. The van der Waals surface area contributed by atoms with Gasteiger partial charge < -0.3 is 16.0 Å². The molecule has 0 spiro atoms. The highest BCUT2D eigenvalue weighted by Gasteiger charge is 2.35. The van der Waals surface area contributed by atoms with Crippen LogP contribution in [0.3, 0.4) is 0 Å². The summed E-state index contributed by atoms with van der Waals surface area (Å²) in [5.74, 6) is -0.431. The Hall–Kier alpha value is -1.40. The predicted molar refractivity (Wildman–Crippen MR) is 76.7 cm³/mol. The third kappa shape index (κ3) is 3.13. The van der Waals surface area contributed by atoms with Crippen molar-refractivity contribution in [2.45, 2.75) is 6.42 Å². The minimum atomic E-state index is -0.300. The van der Waals surface area contributed by atoms with E-state index < -0.39 is 0 Å². The monoisotopic (exact) mass is 325 g/mol. The van der Waals surface area contributed by atoms with Crippen molar-refractivity contribution in [3.05, 3.63) is 28.7 Å². The Morgan fingerprint density at radius 1 is 1.47 bits per heavy atom. The molecule has 0 radical (unpaired) electrons. The lowest BCUT2D eigenvalue weighted by Gasteiger charge is -2.18. The van der Waals surface area contributed by atoms with E-state index in [1.807, 2.05) is 24.3 Å². The van der Waals surface area contributed by atoms with Crippen molar-refractivity contribution < 1.29 is 9.59 Å². The molecule has 0 saturated carbocycles. The van der Waals surface area contributed by atoms with Crippen LogP contribution >= 0.6 is 15.9 Å². The van der Waals surface area contributed by atoms with Gasteiger partial charge in [0.25, 0.3) is 0 Å². The normalized spacial score (nSPS) is 18.7. The van der Waals surface area contributed by atoms with Crippen LogP contribution < -0.4 is 16.0 Å². The second kappa shape index (κ2) is 6.16. The zero-order chi connectivity index (χ0) is 13.8. The molecule has 1 unspecified atom stereocenters. The number of rotatable bonds is 4. The molecule has 2 amide bonds. The number of carbonyl (C=O) groups is 2. The number of nitrogens with zero attached hydrogens (tertiary/aromatic N) is 1. The second-order valence-corrected chi connectivity index (χ2v) is 5.29. The van der Waals surface area contributed by atoms with Crippen LogP contribution in [0.25, 0.3) is 0 Å². The summed E-state index contributed by atoms with van der Waals surface area (Å²) in [4.78, 5) is 25.5. The van der Waals surface area contributed by atoms with Crippen molar-refractivity contribution in [1.29, 1.82) is 0 Å². The van der Waals surface area contributed by atoms with Crippen LogP contribution in [0.1, 0.15) is 6.42 Å². The van der Waals surface area contributed by atoms with Crippen molar-refractivity contribution in [3.8, 4) is 0 Å². The van der Waals surface area contributed by atoms with Gasteiger partial charge in [0.05, 0.1) is 11.6 Å². The van der Waals surface area contributed by atoms with E-state index in [0.717, 1.165) is 10.2 Å². The summed E-state index contributed by atoms with van der Waals surface area (Å²) in [6.07, 6.45) is 0.248. The fraction of sp³-hybridized carbons (Fsp3) is 0.385. The van der Waals surface area contributed by atoms with E-state index in [1.165, 1.54) is 0 Å². The number of para-hydroxylation sites is 1. The Kier molecular flexibility index (Phi) is 4.55. The molecule has 0 bridgehead atoms. The molecule has 19 heavy (non-hydrogen) atoms. The summed E-state index contributed by atoms with van der Waals surface area (Å²) in [5.41, 5.74) is 6.15. The lowest BCUT2D eigenvalue weighted by molar-refractivity contribution is -0.126.